The van der Waals surface area contributed by atoms with Crippen LogP contribution in [-0.2, 0) is 16.0 Å². The van der Waals surface area contributed by atoms with Gasteiger partial charge >= 0.3 is 5.97 Å². The summed E-state index contributed by atoms with van der Waals surface area (Å²) < 4.78 is 0. The van der Waals surface area contributed by atoms with Crippen LogP contribution < -0.4 is 0 Å². The number of amides is 1. The SMILES string of the molecule is CC(C)CN(CCC(=O)O)C(=O)CCc1cccs1. The molecule has 0 aliphatic heterocycles. The van der Waals surface area contributed by atoms with Crippen LogP contribution >= 0.6 is 11.3 Å². The molecular formula is C14H21NO3S. The second kappa shape index (κ2) is 7.94. The van der Waals surface area contributed by atoms with Gasteiger partial charge in [-0.15, -0.1) is 11.3 Å². The van der Waals surface area contributed by atoms with Gasteiger partial charge in [-0.2, -0.15) is 0 Å². The van der Waals surface area contributed by atoms with E-state index in [-0.39, 0.29) is 12.3 Å². The highest BCUT2D eigenvalue weighted by Gasteiger charge is 2.16. The Labute approximate surface area is 118 Å². The van der Waals surface area contributed by atoms with Crippen molar-refractivity contribution in [1.29, 1.82) is 0 Å². The van der Waals surface area contributed by atoms with Gasteiger partial charge in [0.25, 0.3) is 0 Å². The molecule has 1 N–H and O–H groups in total. The standard InChI is InChI=1S/C14H21NO3S/c1-11(2)10-15(8-7-14(17)18)13(16)6-5-12-4-3-9-19-12/h3-4,9,11H,5-8,10H2,1-2H3,(H,17,18). The highest BCUT2D eigenvalue weighted by Crippen LogP contribution is 2.12. The number of hydrogen-bond donors (Lipinski definition) is 1. The lowest BCUT2D eigenvalue weighted by atomic mass is 10.1. The number of thiophene rings is 1. The van der Waals surface area contributed by atoms with Crippen LogP contribution in [0.4, 0.5) is 0 Å². The van der Waals surface area contributed by atoms with E-state index in [1.165, 1.54) is 4.88 Å². The van der Waals surface area contributed by atoms with E-state index in [0.717, 1.165) is 6.42 Å². The molecule has 0 aliphatic rings. The monoisotopic (exact) mass is 283 g/mol. The molecule has 1 amide bonds. The number of carbonyl (C=O) groups is 2. The third kappa shape index (κ3) is 6.38. The maximum Gasteiger partial charge on any atom is 0.305 e. The third-order valence-electron chi connectivity index (χ3n) is 2.70. The number of aryl methyl sites for hydroxylation is 1. The van der Waals surface area contributed by atoms with Crippen LogP contribution in [0.2, 0.25) is 0 Å². The van der Waals surface area contributed by atoms with Crippen molar-refractivity contribution in [1.82, 2.24) is 4.90 Å². The van der Waals surface area contributed by atoms with Crippen molar-refractivity contribution >= 4 is 23.2 Å². The summed E-state index contributed by atoms with van der Waals surface area (Å²) in [6, 6.07) is 3.99. The Morgan fingerprint density at radius 2 is 2.11 bits per heavy atom. The number of aliphatic carboxylic acids is 1. The van der Waals surface area contributed by atoms with E-state index in [1.54, 1.807) is 16.2 Å². The van der Waals surface area contributed by atoms with Gasteiger partial charge in [0.2, 0.25) is 5.91 Å². The smallest absolute Gasteiger partial charge is 0.305 e. The Balaban J connectivity index is 2.47. The van der Waals surface area contributed by atoms with E-state index in [9.17, 15) is 9.59 Å². The Morgan fingerprint density at radius 3 is 2.63 bits per heavy atom. The third-order valence-corrected chi connectivity index (χ3v) is 3.64. The van der Waals surface area contributed by atoms with Crippen molar-refractivity contribution in [2.75, 3.05) is 13.1 Å². The summed E-state index contributed by atoms with van der Waals surface area (Å²) in [5.41, 5.74) is 0. The lowest BCUT2D eigenvalue weighted by molar-refractivity contribution is -0.138. The Kier molecular flexibility index (Phi) is 6.56. The van der Waals surface area contributed by atoms with E-state index < -0.39 is 5.97 Å². The molecule has 0 aliphatic carbocycles. The largest absolute Gasteiger partial charge is 0.481 e. The van der Waals surface area contributed by atoms with Crippen LogP contribution in [0.1, 0.15) is 31.6 Å². The van der Waals surface area contributed by atoms with Crippen molar-refractivity contribution in [2.24, 2.45) is 5.92 Å². The first-order valence-electron chi connectivity index (χ1n) is 6.51. The summed E-state index contributed by atoms with van der Waals surface area (Å²) >= 11 is 1.64. The fraction of sp³-hybridized carbons (Fsp3) is 0.571. The zero-order valence-electron chi connectivity index (χ0n) is 11.5. The number of hydrogen-bond acceptors (Lipinski definition) is 3. The van der Waals surface area contributed by atoms with Crippen molar-refractivity contribution in [3.05, 3.63) is 22.4 Å². The van der Waals surface area contributed by atoms with Gasteiger partial charge in [0.1, 0.15) is 0 Å². The highest BCUT2D eigenvalue weighted by atomic mass is 32.1. The predicted octanol–water partition coefficient (Wildman–Crippen LogP) is 2.64. The molecule has 106 valence electrons. The first kappa shape index (κ1) is 15.7. The Hall–Kier alpha value is -1.36. The number of rotatable bonds is 8. The molecule has 1 aromatic rings. The summed E-state index contributed by atoms with van der Waals surface area (Å²) in [4.78, 5) is 25.6. The van der Waals surface area contributed by atoms with E-state index in [2.05, 4.69) is 0 Å². The molecule has 0 fully saturated rings. The van der Waals surface area contributed by atoms with Crippen LogP contribution in [-0.4, -0.2) is 35.0 Å². The minimum Gasteiger partial charge on any atom is -0.481 e. The van der Waals surface area contributed by atoms with Crippen molar-refractivity contribution in [3.63, 3.8) is 0 Å². The van der Waals surface area contributed by atoms with Gasteiger partial charge < -0.3 is 10.0 Å². The van der Waals surface area contributed by atoms with Crippen molar-refractivity contribution in [3.8, 4) is 0 Å². The summed E-state index contributed by atoms with van der Waals surface area (Å²) in [5.74, 6) is -0.470. The molecule has 1 heterocycles. The second-order valence-corrected chi connectivity index (χ2v) is 5.99. The van der Waals surface area contributed by atoms with E-state index >= 15 is 0 Å². The second-order valence-electron chi connectivity index (χ2n) is 4.96. The number of nitrogens with zero attached hydrogens (tertiary/aromatic N) is 1. The first-order chi connectivity index (χ1) is 8.99. The molecule has 0 aromatic carbocycles. The number of carboxylic acids is 1. The maximum atomic E-state index is 12.1. The summed E-state index contributed by atoms with van der Waals surface area (Å²) in [6.07, 6.45) is 1.20. The van der Waals surface area contributed by atoms with Gasteiger partial charge in [0.15, 0.2) is 0 Å². The first-order valence-corrected chi connectivity index (χ1v) is 7.39. The van der Waals surface area contributed by atoms with Crippen molar-refractivity contribution < 1.29 is 14.7 Å². The Bertz CT molecular complexity index is 401. The lowest BCUT2D eigenvalue weighted by Crippen LogP contribution is -2.36. The van der Waals surface area contributed by atoms with Gasteiger partial charge in [0.05, 0.1) is 6.42 Å². The quantitative estimate of drug-likeness (QED) is 0.798. The molecule has 19 heavy (non-hydrogen) atoms. The molecule has 0 radical (unpaired) electrons. The molecule has 0 unspecified atom stereocenters. The van der Waals surface area contributed by atoms with Gasteiger partial charge in [-0.1, -0.05) is 19.9 Å². The minimum atomic E-state index is -0.861. The van der Waals surface area contributed by atoms with Crippen LogP contribution in [0.5, 0.6) is 0 Å². The fourth-order valence-electron chi connectivity index (χ4n) is 1.83. The van der Waals surface area contributed by atoms with Crippen LogP contribution in [0.3, 0.4) is 0 Å². The molecule has 1 aromatic heterocycles. The summed E-state index contributed by atoms with van der Waals surface area (Å²) in [6.45, 7) is 4.98. The van der Waals surface area contributed by atoms with Gasteiger partial charge in [0, 0.05) is 24.4 Å². The average Bonchev–Trinajstić information content (AvgIpc) is 2.83. The maximum absolute atomic E-state index is 12.1. The normalized spacial score (nSPS) is 10.7. The topological polar surface area (TPSA) is 57.6 Å². The van der Waals surface area contributed by atoms with E-state index in [4.69, 9.17) is 5.11 Å². The van der Waals surface area contributed by atoms with Crippen molar-refractivity contribution in [2.45, 2.75) is 33.1 Å². The highest BCUT2D eigenvalue weighted by molar-refractivity contribution is 7.09. The van der Waals surface area contributed by atoms with Gasteiger partial charge in [-0.05, 0) is 23.8 Å². The van der Waals surface area contributed by atoms with Crippen LogP contribution in [0.15, 0.2) is 17.5 Å². The molecular weight excluding hydrogens is 262 g/mol. The van der Waals surface area contributed by atoms with E-state index in [0.29, 0.717) is 25.4 Å². The predicted molar refractivity (Wildman–Crippen MR) is 76.3 cm³/mol. The zero-order valence-corrected chi connectivity index (χ0v) is 12.3. The lowest BCUT2D eigenvalue weighted by Gasteiger charge is -2.24. The summed E-state index contributed by atoms with van der Waals surface area (Å²) in [5, 5.41) is 10.7. The number of carboxylic acid groups (broad SMARTS) is 1. The summed E-state index contributed by atoms with van der Waals surface area (Å²) in [7, 11) is 0. The molecule has 0 bridgehead atoms. The Morgan fingerprint density at radius 1 is 1.37 bits per heavy atom. The molecule has 5 heteroatoms. The minimum absolute atomic E-state index is 0.0114. The molecule has 0 atom stereocenters. The van der Waals surface area contributed by atoms with E-state index in [1.807, 2.05) is 31.4 Å². The van der Waals surface area contributed by atoms with Gasteiger partial charge in [-0.3, -0.25) is 9.59 Å². The molecule has 0 saturated carbocycles. The zero-order chi connectivity index (χ0) is 14.3. The van der Waals surface area contributed by atoms with Crippen LogP contribution in [0, 0.1) is 5.92 Å². The molecule has 1 rings (SSSR count). The molecule has 0 spiro atoms. The van der Waals surface area contributed by atoms with Crippen LogP contribution in [0.25, 0.3) is 0 Å². The average molecular weight is 283 g/mol. The van der Waals surface area contributed by atoms with Gasteiger partial charge in [-0.25, -0.2) is 0 Å². The molecule has 0 saturated heterocycles. The fourth-order valence-corrected chi connectivity index (χ4v) is 2.54. The molecule has 4 nitrogen and oxygen atoms in total. The number of carbonyl (C=O) groups excluding carboxylic acids is 1.